The lowest BCUT2D eigenvalue weighted by atomic mass is 10.0. The number of nitrogen functional groups attached to an aromatic ring is 1. The summed E-state index contributed by atoms with van der Waals surface area (Å²) in [5, 5.41) is 2.27. The Morgan fingerprint density at radius 2 is 1.82 bits per heavy atom. The first-order chi connectivity index (χ1) is 15.7. The van der Waals surface area contributed by atoms with Gasteiger partial charge in [-0.1, -0.05) is 23.7 Å². The van der Waals surface area contributed by atoms with Crippen LogP contribution in [0.15, 0.2) is 59.6 Å². The van der Waals surface area contributed by atoms with Crippen LogP contribution in [0.5, 0.6) is 0 Å². The fraction of sp³-hybridized carbons (Fsp3) is 0.333. The van der Waals surface area contributed by atoms with E-state index in [2.05, 4.69) is 9.88 Å². The van der Waals surface area contributed by atoms with Gasteiger partial charge in [-0.2, -0.15) is 0 Å². The Kier molecular flexibility index (Phi) is 6.76. The molecule has 2 aromatic carbocycles. The van der Waals surface area contributed by atoms with Crippen LogP contribution in [0.4, 0.5) is 11.5 Å². The number of anilines is 2. The molecular weight excluding hydrogens is 460 g/mol. The monoisotopic (exact) mass is 486 g/mol. The standard InChI is InChI=1S/C24H27ClN4O3S/c1-28(20-7-11-29(12-8-20)21-6-10-27-23(26)16-21)24(30)9-13-33(31,32)22-5-3-17-14-19(25)4-2-18(17)15-22/h2-6,10,14-16,20H,7-9,11-13H2,1H3,(H2,26,27). The second-order valence-corrected chi connectivity index (χ2v) is 10.9. The van der Waals surface area contributed by atoms with E-state index in [1.54, 1.807) is 54.5 Å². The number of rotatable bonds is 6. The molecule has 0 unspecified atom stereocenters. The molecule has 0 spiro atoms. The van der Waals surface area contributed by atoms with E-state index >= 15 is 0 Å². The van der Waals surface area contributed by atoms with E-state index in [1.165, 1.54) is 0 Å². The van der Waals surface area contributed by atoms with Crippen LogP contribution in [0.1, 0.15) is 19.3 Å². The summed E-state index contributed by atoms with van der Waals surface area (Å²) < 4.78 is 25.7. The third kappa shape index (κ3) is 5.39. The van der Waals surface area contributed by atoms with E-state index in [0.717, 1.165) is 42.4 Å². The van der Waals surface area contributed by atoms with Crippen LogP contribution < -0.4 is 10.6 Å². The van der Waals surface area contributed by atoms with Crippen LogP contribution in [0.25, 0.3) is 10.8 Å². The Bertz CT molecular complexity index is 1270. The van der Waals surface area contributed by atoms with Gasteiger partial charge in [-0.15, -0.1) is 0 Å². The first kappa shape index (κ1) is 23.3. The summed E-state index contributed by atoms with van der Waals surface area (Å²) in [4.78, 5) is 21.0. The predicted octanol–water partition coefficient (Wildman–Crippen LogP) is 3.76. The lowest BCUT2D eigenvalue weighted by Crippen LogP contribution is -2.46. The number of carbonyl (C=O) groups is 1. The molecular formula is C24H27ClN4O3S. The van der Waals surface area contributed by atoms with Gasteiger partial charge in [0, 0.05) is 55.6 Å². The average Bonchev–Trinajstić information content (AvgIpc) is 2.82. The van der Waals surface area contributed by atoms with Gasteiger partial charge in [0.15, 0.2) is 9.84 Å². The van der Waals surface area contributed by atoms with Crippen molar-refractivity contribution in [1.29, 1.82) is 0 Å². The van der Waals surface area contributed by atoms with E-state index in [9.17, 15) is 13.2 Å². The van der Waals surface area contributed by atoms with Gasteiger partial charge in [-0.25, -0.2) is 13.4 Å². The van der Waals surface area contributed by atoms with Crippen LogP contribution in [-0.2, 0) is 14.6 Å². The van der Waals surface area contributed by atoms with Gasteiger partial charge in [-0.05, 0) is 53.9 Å². The summed E-state index contributed by atoms with van der Waals surface area (Å²) in [6.07, 6.45) is 3.27. The molecule has 4 rings (SSSR count). The first-order valence-electron chi connectivity index (χ1n) is 10.9. The highest BCUT2D eigenvalue weighted by Crippen LogP contribution is 2.25. The van der Waals surface area contributed by atoms with E-state index < -0.39 is 9.84 Å². The van der Waals surface area contributed by atoms with Crippen molar-refractivity contribution in [3.63, 3.8) is 0 Å². The SMILES string of the molecule is CN(C(=O)CCS(=O)(=O)c1ccc2cc(Cl)ccc2c1)C1CCN(c2ccnc(N)c2)CC1. The number of nitrogens with two attached hydrogens (primary N) is 1. The predicted molar refractivity (Wildman–Crippen MR) is 132 cm³/mol. The number of pyridine rings is 1. The zero-order valence-electron chi connectivity index (χ0n) is 18.4. The molecule has 0 saturated carbocycles. The number of amides is 1. The van der Waals surface area contributed by atoms with Crippen LogP contribution in [-0.4, -0.2) is 56.1 Å². The summed E-state index contributed by atoms with van der Waals surface area (Å²) in [5.74, 6) is 0.112. The molecule has 1 amide bonds. The van der Waals surface area contributed by atoms with Crippen molar-refractivity contribution in [3.05, 3.63) is 59.8 Å². The molecule has 1 aliphatic rings. The Hall–Kier alpha value is -2.84. The molecule has 0 bridgehead atoms. The van der Waals surface area contributed by atoms with Gasteiger partial charge in [0.05, 0.1) is 10.6 Å². The molecule has 1 aromatic heterocycles. The lowest BCUT2D eigenvalue weighted by molar-refractivity contribution is -0.131. The number of hydrogen-bond acceptors (Lipinski definition) is 6. The fourth-order valence-corrected chi connectivity index (χ4v) is 5.69. The van der Waals surface area contributed by atoms with Crippen molar-refractivity contribution >= 4 is 49.6 Å². The molecule has 7 nitrogen and oxygen atoms in total. The Labute approximate surface area is 199 Å². The third-order valence-corrected chi connectivity index (χ3v) is 8.20. The first-order valence-corrected chi connectivity index (χ1v) is 12.9. The number of sulfone groups is 1. The molecule has 0 aliphatic carbocycles. The largest absolute Gasteiger partial charge is 0.384 e. The zero-order valence-corrected chi connectivity index (χ0v) is 20.0. The topological polar surface area (TPSA) is 96.6 Å². The number of carbonyl (C=O) groups excluding carboxylic acids is 1. The minimum absolute atomic E-state index is 0.0431. The van der Waals surface area contributed by atoms with Gasteiger partial charge >= 0.3 is 0 Å². The number of piperidine rings is 1. The number of hydrogen-bond donors (Lipinski definition) is 1. The molecule has 1 fully saturated rings. The lowest BCUT2D eigenvalue weighted by Gasteiger charge is -2.38. The van der Waals surface area contributed by atoms with E-state index in [1.807, 2.05) is 12.1 Å². The van der Waals surface area contributed by atoms with Crippen LogP contribution in [0.2, 0.25) is 5.02 Å². The van der Waals surface area contributed by atoms with Crippen LogP contribution in [0, 0.1) is 0 Å². The third-order valence-electron chi connectivity index (χ3n) is 6.25. The molecule has 2 N–H and O–H groups in total. The highest BCUT2D eigenvalue weighted by atomic mass is 35.5. The van der Waals surface area contributed by atoms with Gasteiger partial charge in [-0.3, -0.25) is 4.79 Å². The molecule has 3 aromatic rings. The smallest absolute Gasteiger partial charge is 0.223 e. The second kappa shape index (κ2) is 9.57. The van der Waals surface area contributed by atoms with E-state index in [4.69, 9.17) is 17.3 Å². The summed E-state index contributed by atoms with van der Waals surface area (Å²) in [6.45, 7) is 1.59. The van der Waals surface area contributed by atoms with Crippen molar-refractivity contribution < 1.29 is 13.2 Å². The van der Waals surface area contributed by atoms with Gasteiger partial charge in [0.2, 0.25) is 5.91 Å². The maximum absolute atomic E-state index is 12.9. The molecule has 9 heteroatoms. The van der Waals surface area contributed by atoms with Crippen molar-refractivity contribution in [2.24, 2.45) is 0 Å². The van der Waals surface area contributed by atoms with Gasteiger partial charge in [0.25, 0.3) is 0 Å². The normalized spacial score (nSPS) is 15.0. The van der Waals surface area contributed by atoms with Crippen molar-refractivity contribution in [2.75, 3.05) is 36.5 Å². The summed E-state index contributed by atoms with van der Waals surface area (Å²) >= 11 is 6.00. The van der Waals surface area contributed by atoms with Crippen LogP contribution >= 0.6 is 11.6 Å². The molecule has 0 atom stereocenters. The van der Waals surface area contributed by atoms with E-state index in [0.29, 0.717) is 10.8 Å². The Balaban J connectivity index is 1.34. The summed E-state index contributed by atoms with van der Waals surface area (Å²) in [6, 6.07) is 14.1. The maximum atomic E-state index is 12.9. The average molecular weight is 487 g/mol. The second-order valence-electron chi connectivity index (χ2n) is 8.38. The molecule has 2 heterocycles. The van der Waals surface area contributed by atoms with Crippen molar-refractivity contribution in [2.45, 2.75) is 30.2 Å². The van der Waals surface area contributed by atoms with E-state index in [-0.39, 0.29) is 29.0 Å². The molecule has 1 saturated heterocycles. The number of aromatic nitrogens is 1. The Morgan fingerprint density at radius 3 is 2.55 bits per heavy atom. The summed E-state index contributed by atoms with van der Waals surface area (Å²) in [7, 11) is -1.81. The summed E-state index contributed by atoms with van der Waals surface area (Å²) in [5.41, 5.74) is 6.81. The molecule has 33 heavy (non-hydrogen) atoms. The molecule has 0 radical (unpaired) electrons. The van der Waals surface area contributed by atoms with Crippen molar-refractivity contribution in [1.82, 2.24) is 9.88 Å². The number of fused-ring (bicyclic) bond motifs is 1. The number of benzene rings is 2. The number of halogens is 1. The minimum atomic E-state index is -3.58. The van der Waals surface area contributed by atoms with Crippen LogP contribution in [0.3, 0.4) is 0 Å². The van der Waals surface area contributed by atoms with Gasteiger partial charge < -0.3 is 15.5 Å². The van der Waals surface area contributed by atoms with Gasteiger partial charge in [0.1, 0.15) is 5.82 Å². The quantitative estimate of drug-likeness (QED) is 0.569. The number of nitrogens with zero attached hydrogens (tertiary/aromatic N) is 3. The minimum Gasteiger partial charge on any atom is -0.384 e. The molecule has 174 valence electrons. The fourth-order valence-electron chi connectivity index (χ4n) is 4.25. The highest BCUT2D eigenvalue weighted by Gasteiger charge is 2.27. The maximum Gasteiger partial charge on any atom is 0.223 e. The molecule has 1 aliphatic heterocycles. The highest BCUT2D eigenvalue weighted by molar-refractivity contribution is 7.91. The Morgan fingerprint density at radius 1 is 1.12 bits per heavy atom. The van der Waals surface area contributed by atoms with Crippen molar-refractivity contribution in [3.8, 4) is 0 Å². The zero-order chi connectivity index (χ0) is 23.6.